The Morgan fingerprint density at radius 2 is 1.76 bits per heavy atom. The second-order valence-electron chi connectivity index (χ2n) is 8.66. The van der Waals surface area contributed by atoms with Crippen molar-refractivity contribution in [3.05, 3.63) is 88.1 Å². The molecule has 1 aliphatic heterocycles. The van der Waals surface area contributed by atoms with Crippen LogP contribution < -0.4 is 9.64 Å². The van der Waals surface area contributed by atoms with E-state index in [9.17, 15) is 19.1 Å². The minimum Gasteiger partial charge on any atom is -0.507 e. The van der Waals surface area contributed by atoms with Crippen LogP contribution in [0.15, 0.2) is 58.5 Å². The van der Waals surface area contributed by atoms with Gasteiger partial charge >= 0.3 is 0 Å². The molecule has 3 aromatic rings. The first-order valence-electron chi connectivity index (χ1n) is 11.0. The van der Waals surface area contributed by atoms with Crippen molar-refractivity contribution in [2.45, 2.75) is 39.7 Å². The van der Waals surface area contributed by atoms with Crippen LogP contribution in [0.1, 0.15) is 54.0 Å². The predicted octanol–water partition coefficient (Wildman–Crippen LogP) is 5.79. The van der Waals surface area contributed by atoms with Gasteiger partial charge in [0.25, 0.3) is 11.7 Å². The van der Waals surface area contributed by atoms with Gasteiger partial charge in [0.1, 0.15) is 34.9 Å². The Kier molecular flexibility index (Phi) is 6.04. The summed E-state index contributed by atoms with van der Waals surface area (Å²) in [7, 11) is 1.58. The lowest BCUT2D eigenvalue weighted by Crippen LogP contribution is -2.29. The molecule has 2 heterocycles. The summed E-state index contributed by atoms with van der Waals surface area (Å²) in [6.45, 7) is 7.53. The Labute approximate surface area is 197 Å². The molecule has 1 saturated heterocycles. The monoisotopic (exact) mass is 463 g/mol. The van der Waals surface area contributed by atoms with Crippen LogP contribution in [0.5, 0.6) is 5.75 Å². The van der Waals surface area contributed by atoms with Crippen molar-refractivity contribution in [1.29, 1.82) is 0 Å². The van der Waals surface area contributed by atoms with Crippen molar-refractivity contribution in [3.8, 4) is 5.75 Å². The quantitative estimate of drug-likeness (QED) is 0.294. The summed E-state index contributed by atoms with van der Waals surface area (Å²) in [5.41, 5.74) is 2.19. The molecule has 4 rings (SSSR count). The highest BCUT2D eigenvalue weighted by Crippen LogP contribution is 2.43. The van der Waals surface area contributed by atoms with Crippen molar-refractivity contribution in [1.82, 2.24) is 0 Å². The molecule has 6 nitrogen and oxygen atoms in total. The number of halogens is 1. The van der Waals surface area contributed by atoms with E-state index in [-0.39, 0.29) is 17.3 Å². The molecule has 0 aliphatic carbocycles. The standard InChI is InChI=1S/C27H26FNO5/c1-14(2)19-13-20(15(3)12-22(19)33-5)25(30)23-24(21-11-6-16(4)34-21)29(27(32)26(23)31)18-9-7-17(28)8-10-18/h6-14,24,30H,1-5H3/b25-23+. The van der Waals surface area contributed by atoms with Crippen LogP contribution >= 0.6 is 0 Å². The molecule has 2 aromatic carbocycles. The second kappa shape index (κ2) is 8.82. The van der Waals surface area contributed by atoms with E-state index < -0.39 is 23.5 Å². The van der Waals surface area contributed by atoms with Crippen LogP contribution in [-0.4, -0.2) is 23.9 Å². The van der Waals surface area contributed by atoms with E-state index in [2.05, 4.69) is 0 Å². The predicted molar refractivity (Wildman–Crippen MR) is 126 cm³/mol. The van der Waals surface area contributed by atoms with Crippen LogP contribution in [0.3, 0.4) is 0 Å². The van der Waals surface area contributed by atoms with Crippen molar-refractivity contribution >= 4 is 23.1 Å². The SMILES string of the molecule is COc1cc(C)c(/C(O)=C2\C(=O)C(=O)N(c3ccc(F)cc3)C2c2ccc(C)o2)cc1C(C)C. The number of carbonyl (C=O) groups excluding carboxylic acids is 2. The first-order chi connectivity index (χ1) is 16.1. The Morgan fingerprint density at radius 3 is 2.32 bits per heavy atom. The minimum absolute atomic E-state index is 0.0900. The molecule has 1 unspecified atom stereocenters. The number of rotatable bonds is 5. The summed E-state index contributed by atoms with van der Waals surface area (Å²) >= 11 is 0. The maximum Gasteiger partial charge on any atom is 0.300 e. The molecule has 1 aromatic heterocycles. The highest BCUT2D eigenvalue weighted by molar-refractivity contribution is 6.51. The molecule has 34 heavy (non-hydrogen) atoms. The number of benzene rings is 2. The molecule has 1 atom stereocenters. The molecule has 1 aliphatic rings. The fraction of sp³-hybridized carbons (Fsp3) is 0.259. The van der Waals surface area contributed by atoms with Gasteiger partial charge in [0.05, 0.1) is 12.7 Å². The third kappa shape index (κ3) is 3.87. The molecule has 0 bridgehead atoms. The van der Waals surface area contributed by atoms with Crippen molar-refractivity contribution in [2.75, 3.05) is 12.0 Å². The summed E-state index contributed by atoms with van der Waals surface area (Å²) < 4.78 is 24.8. The smallest absolute Gasteiger partial charge is 0.300 e. The average molecular weight is 464 g/mol. The summed E-state index contributed by atoms with van der Waals surface area (Å²) in [6, 6.07) is 11.2. The van der Waals surface area contributed by atoms with Gasteiger partial charge in [-0.15, -0.1) is 0 Å². The molecular weight excluding hydrogens is 437 g/mol. The number of amides is 1. The topological polar surface area (TPSA) is 80.0 Å². The highest BCUT2D eigenvalue weighted by Gasteiger charge is 2.48. The zero-order valence-electron chi connectivity index (χ0n) is 19.7. The van der Waals surface area contributed by atoms with Gasteiger partial charge in [-0.1, -0.05) is 13.8 Å². The molecule has 0 saturated carbocycles. The molecular formula is C27H26FNO5. The Balaban J connectivity index is 1.97. The number of hydrogen-bond donors (Lipinski definition) is 1. The van der Waals surface area contributed by atoms with Crippen molar-refractivity contribution < 1.29 is 28.2 Å². The van der Waals surface area contributed by atoms with Gasteiger partial charge in [0.15, 0.2) is 0 Å². The van der Waals surface area contributed by atoms with E-state index in [0.29, 0.717) is 34.1 Å². The zero-order chi connectivity index (χ0) is 24.7. The number of nitrogens with zero attached hydrogens (tertiary/aromatic N) is 1. The van der Waals surface area contributed by atoms with E-state index >= 15 is 0 Å². The number of aliphatic hydroxyl groups excluding tert-OH is 1. The fourth-order valence-electron chi connectivity index (χ4n) is 4.30. The molecule has 1 N–H and O–H groups in total. The van der Waals surface area contributed by atoms with Gasteiger partial charge in [-0.2, -0.15) is 0 Å². The van der Waals surface area contributed by atoms with Gasteiger partial charge in [0, 0.05) is 11.3 Å². The van der Waals surface area contributed by atoms with E-state index in [1.807, 2.05) is 13.8 Å². The largest absolute Gasteiger partial charge is 0.507 e. The zero-order valence-corrected chi connectivity index (χ0v) is 19.7. The van der Waals surface area contributed by atoms with Crippen LogP contribution in [0.2, 0.25) is 0 Å². The number of methoxy groups -OCH3 is 1. The summed E-state index contributed by atoms with van der Waals surface area (Å²) in [4.78, 5) is 27.7. The van der Waals surface area contributed by atoms with Crippen LogP contribution in [0, 0.1) is 19.7 Å². The summed E-state index contributed by atoms with van der Waals surface area (Å²) in [6.07, 6.45) is 0. The Bertz CT molecular complexity index is 1300. The number of carbonyl (C=O) groups is 2. The van der Waals surface area contributed by atoms with E-state index in [1.165, 1.54) is 29.2 Å². The minimum atomic E-state index is -1.01. The molecule has 0 radical (unpaired) electrons. The third-order valence-electron chi connectivity index (χ3n) is 6.03. The highest BCUT2D eigenvalue weighted by atomic mass is 19.1. The third-order valence-corrected chi connectivity index (χ3v) is 6.03. The first-order valence-corrected chi connectivity index (χ1v) is 11.0. The molecule has 0 spiro atoms. The number of aryl methyl sites for hydroxylation is 2. The number of ether oxygens (including phenoxy) is 1. The van der Waals surface area contributed by atoms with Gasteiger partial charge in [-0.05, 0) is 79.4 Å². The molecule has 176 valence electrons. The molecule has 1 fully saturated rings. The van der Waals surface area contributed by atoms with Gasteiger partial charge in [-0.3, -0.25) is 14.5 Å². The van der Waals surface area contributed by atoms with Crippen molar-refractivity contribution in [3.63, 3.8) is 0 Å². The van der Waals surface area contributed by atoms with Crippen LogP contribution in [0.25, 0.3) is 5.76 Å². The van der Waals surface area contributed by atoms with E-state index in [4.69, 9.17) is 9.15 Å². The number of anilines is 1. The number of furan rings is 1. The lowest BCUT2D eigenvalue weighted by atomic mass is 9.92. The maximum absolute atomic E-state index is 13.6. The number of Topliss-reactive ketones (excluding diaryl/α,β-unsaturated/α-hetero) is 1. The van der Waals surface area contributed by atoms with E-state index in [1.54, 1.807) is 45.2 Å². The lowest BCUT2D eigenvalue weighted by molar-refractivity contribution is -0.132. The average Bonchev–Trinajstić information content (AvgIpc) is 3.34. The number of ketones is 1. The Morgan fingerprint density at radius 1 is 1.09 bits per heavy atom. The van der Waals surface area contributed by atoms with Gasteiger partial charge in [-0.25, -0.2) is 4.39 Å². The maximum atomic E-state index is 13.6. The lowest BCUT2D eigenvalue weighted by Gasteiger charge is -2.24. The number of hydrogen-bond acceptors (Lipinski definition) is 5. The first kappa shape index (κ1) is 23.3. The van der Waals surface area contributed by atoms with Crippen LogP contribution in [-0.2, 0) is 9.59 Å². The van der Waals surface area contributed by atoms with Gasteiger partial charge in [0.2, 0.25) is 0 Å². The fourth-order valence-corrected chi connectivity index (χ4v) is 4.30. The summed E-state index contributed by atoms with van der Waals surface area (Å²) in [5, 5.41) is 11.4. The normalized spacial score (nSPS) is 17.6. The number of aliphatic hydroxyl groups is 1. The molecule has 1 amide bonds. The summed E-state index contributed by atoms with van der Waals surface area (Å²) in [5.74, 6) is -0.781. The van der Waals surface area contributed by atoms with Crippen molar-refractivity contribution in [2.24, 2.45) is 0 Å². The van der Waals surface area contributed by atoms with Gasteiger partial charge < -0.3 is 14.3 Å². The second-order valence-corrected chi connectivity index (χ2v) is 8.66. The Hall–Kier alpha value is -3.87. The van der Waals surface area contributed by atoms with E-state index in [0.717, 1.165) is 5.56 Å². The molecule has 7 heteroatoms. The van der Waals surface area contributed by atoms with Crippen LogP contribution in [0.4, 0.5) is 10.1 Å².